The van der Waals surface area contributed by atoms with E-state index in [0.717, 1.165) is 81.3 Å². The molecule has 6 nitrogen and oxygen atoms in total. The second kappa shape index (κ2) is 9.51. The minimum absolute atomic E-state index is 0.113. The van der Waals surface area contributed by atoms with Crippen molar-refractivity contribution in [3.05, 3.63) is 90.7 Å². The highest BCUT2D eigenvalue weighted by atomic mass is 19.1. The lowest BCUT2D eigenvalue weighted by Crippen LogP contribution is -2.20. The van der Waals surface area contributed by atoms with Gasteiger partial charge in [-0.25, -0.2) is 9.37 Å². The number of anilines is 1. The van der Waals surface area contributed by atoms with Crippen LogP contribution < -0.4 is 5.32 Å². The Labute approximate surface area is 224 Å². The van der Waals surface area contributed by atoms with Crippen molar-refractivity contribution < 1.29 is 9.18 Å². The van der Waals surface area contributed by atoms with E-state index < -0.39 is 0 Å². The summed E-state index contributed by atoms with van der Waals surface area (Å²) < 4.78 is 13.5. The molecule has 0 radical (unpaired) electrons. The molecule has 4 aromatic carbocycles. The van der Waals surface area contributed by atoms with Crippen molar-refractivity contribution in [2.45, 2.75) is 25.7 Å². The summed E-state index contributed by atoms with van der Waals surface area (Å²) in [6.45, 7) is 0. The van der Waals surface area contributed by atoms with E-state index in [1.165, 1.54) is 12.1 Å². The first-order valence-electron chi connectivity index (χ1n) is 13.3. The molecule has 3 N–H and O–H groups in total. The topological polar surface area (TPSA) is 86.5 Å². The third-order valence-electron chi connectivity index (χ3n) is 7.64. The average Bonchev–Trinajstić information content (AvgIpc) is 3.73. The van der Waals surface area contributed by atoms with E-state index in [1.54, 1.807) is 12.1 Å². The SMILES string of the molecule is O=C(Nc1cccc(-c2ccc3[nH]nc(-c4nc5c(-c6ccc(F)cc6)cccc5[nH]4)c3c2)c1)C1CCCC1. The molecule has 1 fully saturated rings. The number of carbonyl (C=O) groups excluding carboxylic acids is 1. The highest BCUT2D eigenvalue weighted by Crippen LogP contribution is 2.34. The van der Waals surface area contributed by atoms with Gasteiger partial charge in [0.05, 0.1) is 16.6 Å². The Kier molecular flexibility index (Phi) is 5.69. The van der Waals surface area contributed by atoms with E-state index in [9.17, 15) is 9.18 Å². The van der Waals surface area contributed by atoms with Gasteiger partial charge in [-0.1, -0.05) is 55.3 Å². The zero-order chi connectivity index (χ0) is 26.3. The Morgan fingerprint density at radius 2 is 1.62 bits per heavy atom. The van der Waals surface area contributed by atoms with Crippen molar-refractivity contribution in [2.75, 3.05) is 5.32 Å². The number of aromatic nitrogens is 4. The first-order chi connectivity index (χ1) is 19.1. The van der Waals surface area contributed by atoms with E-state index in [-0.39, 0.29) is 17.6 Å². The van der Waals surface area contributed by atoms with Crippen LogP contribution in [-0.2, 0) is 4.79 Å². The molecule has 0 unspecified atom stereocenters. The molecule has 1 aliphatic carbocycles. The number of rotatable bonds is 5. The van der Waals surface area contributed by atoms with Crippen LogP contribution in [0.5, 0.6) is 0 Å². The van der Waals surface area contributed by atoms with Gasteiger partial charge in [-0.2, -0.15) is 5.10 Å². The minimum atomic E-state index is -0.269. The summed E-state index contributed by atoms with van der Waals surface area (Å²) in [7, 11) is 0. The van der Waals surface area contributed by atoms with Crippen LogP contribution in [0, 0.1) is 11.7 Å². The van der Waals surface area contributed by atoms with Crippen LogP contribution in [0.25, 0.3) is 55.7 Å². The first-order valence-corrected chi connectivity index (χ1v) is 13.3. The Bertz CT molecular complexity index is 1830. The lowest BCUT2D eigenvalue weighted by molar-refractivity contribution is -0.119. The van der Waals surface area contributed by atoms with E-state index in [1.807, 2.05) is 54.6 Å². The van der Waals surface area contributed by atoms with Crippen LogP contribution >= 0.6 is 0 Å². The maximum absolute atomic E-state index is 13.5. The van der Waals surface area contributed by atoms with Gasteiger partial charge >= 0.3 is 0 Å². The molecule has 192 valence electrons. The fraction of sp³-hybridized carbons (Fsp3) is 0.156. The largest absolute Gasteiger partial charge is 0.337 e. The van der Waals surface area contributed by atoms with Gasteiger partial charge in [0.15, 0.2) is 5.82 Å². The molecule has 7 rings (SSSR count). The third kappa shape index (κ3) is 4.36. The monoisotopic (exact) mass is 515 g/mol. The molecule has 0 saturated heterocycles. The van der Waals surface area contributed by atoms with Gasteiger partial charge in [0.25, 0.3) is 0 Å². The Balaban J connectivity index is 1.24. The normalized spacial score (nSPS) is 13.9. The number of hydrogen-bond acceptors (Lipinski definition) is 3. The van der Waals surface area contributed by atoms with Gasteiger partial charge in [-0.15, -0.1) is 0 Å². The van der Waals surface area contributed by atoms with Crippen LogP contribution in [0.15, 0.2) is 84.9 Å². The van der Waals surface area contributed by atoms with Gasteiger partial charge in [0.1, 0.15) is 11.5 Å². The van der Waals surface area contributed by atoms with E-state index >= 15 is 0 Å². The number of nitrogens with one attached hydrogen (secondary N) is 3. The number of hydrogen-bond donors (Lipinski definition) is 3. The molecule has 39 heavy (non-hydrogen) atoms. The summed E-state index contributed by atoms with van der Waals surface area (Å²) >= 11 is 0. The number of halogens is 1. The van der Waals surface area contributed by atoms with Gasteiger partial charge in [-0.05, 0) is 72.0 Å². The maximum atomic E-state index is 13.5. The van der Waals surface area contributed by atoms with Gasteiger partial charge in [0.2, 0.25) is 5.91 Å². The fourth-order valence-electron chi connectivity index (χ4n) is 5.59. The number of imidazole rings is 1. The zero-order valence-corrected chi connectivity index (χ0v) is 21.2. The predicted octanol–water partition coefficient (Wildman–Crippen LogP) is 7.71. The van der Waals surface area contributed by atoms with Crippen LogP contribution in [0.4, 0.5) is 10.1 Å². The lowest BCUT2D eigenvalue weighted by atomic mass is 10.0. The standard InChI is InChI=1S/C32H26FN5O/c33-23-14-11-19(12-15-23)25-9-4-10-28-29(25)36-31(35-28)30-26-18-22(13-16-27(26)37-38-30)21-7-3-8-24(17-21)34-32(39)20-5-1-2-6-20/h3-4,7-18,20H,1-2,5-6H2,(H,34,39)(H,35,36)(H,37,38). The number of aromatic amines is 2. The van der Waals surface area contributed by atoms with E-state index in [0.29, 0.717) is 5.82 Å². The van der Waals surface area contributed by atoms with Crippen molar-refractivity contribution >= 4 is 33.5 Å². The highest BCUT2D eigenvalue weighted by molar-refractivity contribution is 5.99. The summed E-state index contributed by atoms with van der Waals surface area (Å²) in [6.07, 6.45) is 4.20. The van der Waals surface area contributed by atoms with Crippen molar-refractivity contribution in [1.29, 1.82) is 0 Å². The van der Waals surface area contributed by atoms with Crippen molar-refractivity contribution in [3.8, 4) is 33.8 Å². The predicted molar refractivity (Wildman–Crippen MR) is 153 cm³/mol. The molecule has 1 aliphatic rings. The molecular weight excluding hydrogens is 489 g/mol. The van der Waals surface area contributed by atoms with Crippen molar-refractivity contribution in [2.24, 2.45) is 5.92 Å². The summed E-state index contributed by atoms with van der Waals surface area (Å²) in [6, 6.07) is 26.5. The van der Waals surface area contributed by atoms with Crippen LogP contribution in [-0.4, -0.2) is 26.1 Å². The molecule has 0 spiro atoms. The minimum Gasteiger partial charge on any atom is -0.337 e. The maximum Gasteiger partial charge on any atom is 0.227 e. The molecule has 0 bridgehead atoms. The second-order valence-corrected chi connectivity index (χ2v) is 10.2. The molecule has 1 saturated carbocycles. The number of para-hydroxylation sites is 1. The smallest absolute Gasteiger partial charge is 0.227 e. The molecule has 2 aromatic heterocycles. The molecule has 6 aromatic rings. The highest BCUT2D eigenvalue weighted by Gasteiger charge is 2.22. The molecule has 0 atom stereocenters. The number of benzene rings is 4. The third-order valence-corrected chi connectivity index (χ3v) is 7.64. The number of H-pyrrole nitrogens is 2. The molecular formula is C32H26FN5O. The number of fused-ring (bicyclic) bond motifs is 2. The first kappa shape index (κ1) is 23.3. The summed E-state index contributed by atoms with van der Waals surface area (Å²) in [5, 5.41) is 11.8. The van der Waals surface area contributed by atoms with Gasteiger partial charge < -0.3 is 10.3 Å². The summed E-state index contributed by atoms with van der Waals surface area (Å²) in [4.78, 5) is 21.0. The number of carbonyl (C=O) groups is 1. The van der Waals surface area contributed by atoms with Crippen LogP contribution in [0.1, 0.15) is 25.7 Å². The molecule has 0 aliphatic heterocycles. The van der Waals surface area contributed by atoms with E-state index in [4.69, 9.17) is 4.98 Å². The van der Waals surface area contributed by atoms with Crippen molar-refractivity contribution in [1.82, 2.24) is 20.2 Å². The summed E-state index contributed by atoms with van der Waals surface area (Å²) in [5.74, 6) is 0.614. The number of amides is 1. The Hall–Kier alpha value is -4.78. The average molecular weight is 516 g/mol. The quantitative estimate of drug-likeness (QED) is 0.220. The van der Waals surface area contributed by atoms with E-state index in [2.05, 4.69) is 26.6 Å². The summed E-state index contributed by atoms with van der Waals surface area (Å²) in [5.41, 5.74) is 7.96. The van der Waals surface area contributed by atoms with Crippen molar-refractivity contribution in [3.63, 3.8) is 0 Å². The Morgan fingerprint density at radius 3 is 2.46 bits per heavy atom. The lowest BCUT2D eigenvalue weighted by Gasteiger charge is -2.11. The molecule has 2 heterocycles. The Morgan fingerprint density at radius 1 is 0.846 bits per heavy atom. The fourth-order valence-corrected chi connectivity index (χ4v) is 5.59. The van der Waals surface area contributed by atoms with Gasteiger partial charge in [-0.3, -0.25) is 9.89 Å². The second-order valence-electron chi connectivity index (χ2n) is 10.2. The molecule has 7 heteroatoms. The molecule has 1 amide bonds. The van der Waals surface area contributed by atoms with Crippen LogP contribution in [0.2, 0.25) is 0 Å². The van der Waals surface area contributed by atoms with Gasteiger partial charge in [0, 0.05) is 22.6 Å². The van der Waals surface area contributed by atoms with Crippen LogP contribution in [0.3, 0.4) is 0 Å². The zero-order valence-electron chi connectivity index (χ0n) is 21.2. The number of nitrogens with zero attached hydrogens (tertiary/aromatic N) is 2.